The molecule has 8 heteroatoms. The van der Waals surface area contributed by atoms with Crippen LogP contribution in [0.2, 0.25) is 0 Å². The van der Waals surface area contributed by atoms with Crippen molar-refractivity contribution in [1.82, 2.24) is 30.2 Å². The van der Waals surface area contributed by atoms with Gasteiger partial charge in [-0.1, -0.05) is 11.2 Å². The van der Waals surface area contributed by atoms with E-state index in [1.165, 1.54) is 10.9 Å². The van der Waals surface area contributed by atoms with Crippen LogP contribution < -0.4 is 5.32 Å². The maximum Gasteiger partial charge on any atom is 0.317 e. The number of carbonyl (C=O) groups is 1. The molecule has 8 nitrogen and oxygen atoms in total. The van der Waals surface area contributed by atoms with Crippen molar-refractivity contribution in [2.45, 2.75) is 32.1 Å². The van der Waals surface area contributed by atoms with E-state index in [2.05, 4.69) is 63.8 Å². The van der Waals surface area contributed by atoms with Crippen molar-refractivity contribution < 1.29 is 9.32 Å². The van der Waals surface area contributed by atoms with Crippen LogP contribution in [-0.2, 0) is 19.3 Å². The Morgan fingerprint density at radius 1 is 1.27 bits per heavy atom. The number of nitrogens with one attached hydrogen (secondary N) is 2. The molecule has 160 valence electrons. The third-order valence-electron chi connectivity index (χ3n) is 5.54. The van der Waals surface area contributed by atoms with Crippen molar-refractivity contribution in [2.75, 3.05) is 40.3 Å². The second-order valence-corrected chi connectivity index (χ2v) is 8.20. The molecule has 0 saturated carbocycles. The number of aromatic nitrogens is 3. The first-order valence-corrected chi connectivity index (χ1v) is 10.7. The van der Waals surface area contributed by atoms with Crippen LogP contribution in [0, 0.1) is 0 Å². The first-order valence-electron chi connectivity index (χ1n) is 10.7. The van der Waals surface area contributed by atoms with E-state index < -0.39 is 0 Å². The summed E-state index contributed by atoms with van der Waals surface area (Å²) in [6, 6.07) is 6.40. The first-order chi connectivity index (χ1) is 14.6. The van der Waals surface area contributed by atoms with E-state index >= 15 is 0 Å². The van der Waals surface area contributed by atoms with Crippen molar-refractivity contribution in [3.8, 4) is 0 Å². The molecule has 1 fully saturated rings. The van der Waals surface area contributed by atoms with Crippen molar-refractivity contribution in [2.24, 2.45) is 0 Å². The van der Waals surface area contributed by atoms with Gasteiger partial charge in [0.1, 0.15) is 0 Å². The van der Waals surface area contributed by atoms with Crippen LogP contribution in [0.3, 0.4) is 0 Å². The molecule has 0 unspecified atom stereocenters. The van der Waals surface area contributed by atoms with Gasteiger partial charge < -0.3 is 24.6 Å². The van der Waals surface area contributed by atoms with Crippen molar-refractivity contribution in [3.63, 3.8) is 0 Å². The summed E-state index contributed by atoms with van der Waals surface area (Å²) in [4.78, 5) is 23.9. The van der Waals surface area contributed by atoms with Gasteiger partial charge in [-0.25, -0.2) is 4.79 Å². The average molecular weight is 411 g/mol. The van der Waals surface area contributed by atoms with Crippen LogP contribution >= 0.6 is 0 Å². The summed E-state index contributed by atoms with van der Waals surface area (Å²) in [5.74, 6) is 1.22. The molecule has 4 rings (SSSR count). The largest absolute Gasteiger partial charge is 0.361 e. The fourth-order valence-corrected chi connectivity index (χ4v) is 3.84. The van der Waals surface area contributed by atoms with Crippen LogP contribution in [0.5, 0.6) is 0 Å². The second-order valence-electron chi connectivity index (χ2n) is 8.20. The number of fused-ring (bicyclic) bond motifs is 1. The summed E-state index contributed by atoms with van der Waals surface area (Å²) in [5, 5.41) is 8.25. The Kier molecular flexibility index (Phi) is 6.32. The molecule has 2 N–H and O–H groups in total. The fourth-order valence-electron chi connectivity index (χ4n) is 3.84. The maximum atomic E-state index is 12.0. The highest BCUT2D eigenvalue weighted by Gasteiger charge is 2.17. The number of likely N-dealkylation sites (tertiary alicyclic amines) is 1. The third kappa shape index (κ3) is 4.99. The van der Waals surface area contributed by atoms with E-state index in [0.717, 1.165) is 50.0 Å². The number of amides is 2. The molecule has 3 aromatic rings. The zero-order chi connectivity index (χ0) is 20.9. The van der Waals surface area contributed by atoms with Gasteiger partial charge in [0.2, 0.25) is 5.89 Å². The van der Waals surface area contributed by atoms with Crippen LogP contribution in [0.4, 0.5) is 4.79 Å². The molecule has 0 spiro atoms. The molecule has 1 aliphatic heterocycles. The van der Waals surface area contributed by atoms with E-state index in [9.17, 15) is 4.79 Å². The number of benzene rings is 1. The van der Waals surface area contributed by atoms with Crippen LogP contribution in [0.1, 0.15) is 35.7 Å². The van der Waals surface area contributed by atoms with Crippen molar-refractivity contribution in [1.29, 1.82) is 0 Å². The highest BCUT2D eigenvalue weighted by molar-refractivity contribution is 5.84. The van der Waals surface area contributed by atoms with E-state index in [1.54, 1.807) is 0 Å². The number of hydrogen-bond acceptors (Lipinski definition) is 5. The minimum absolute atomic E-state index is 0.00101. The van der Waals surface area contributed by atoms with Gasteiger partial charge in [-0.05, 0) is 56.6 Å². The molecule has 2 aromatic heterocycles. The summed E-state index contributed by atoms with van der Waals surface area (Å²) in [6.07, 6.45) is 6.44. The summed E-state index contributed by atoms with van der Waals surface area (Å²) in [5.41, 5.74) is 3.61. The van der Waals surface area contributed by atoms with E-state index in [-0.39, 0.29) is 6.03 Å². The van der Waals surface area contributed by atoms with Crippen molar-refractivity contribution >= 4 is 16.9 Å². The number of likely N-dealkylation sites (N-methyl/N-ethyl adjacent to an activating group) is 1. The molecule has 1 saturated heterocycles. The normalized spacial score (nSPS) is 14.2. The number of carbonyl (C=O) groups excluding carboxylic acids is 1. The maximum absolute atomic E-state index is 12.0. The summed E-state index contributed by atoms with van der Waals surface area (Å²) in [7, 11) is 4.18. The lowest BCUT2D eigenvalue weighted by molar-refractivity contribution is 0.209. The second kappa shape index (κ2) is 9.30. The van der Waals surface area contributed by atoms with Crippen LogP contribution in [0.25, 0.3) is 10.9 Å². The molecule has 0 radical (unpaired) electrons. The Bertz CT molecular complexity index is 987. The molecule has 3 heterocycles. The first kappa shape index (κ1) is 20.4. The molecule has 0 aliphatic carbocycles. The lowest BCUT2D eigenvalue weighted by atomic mass is 10.1. The molecule has 0 atom stereocenters. The molecule has 0 bridgehead atoms. The zero-order valence-electron chi connectivity index (χ0n) is 17.8. The standard InChI is InChI=1S/C22H30N6O2/c1-27(2)12-8-17-15-24-19-6-5-16(13-18(17)19)14-21-25-20(26-30-21)7-9-23-22(29)28-10-3-4-11-28/h5-6,13,15,24H,3-4,7-12,14H2,1-2H3,(H,23,29). The smallest absolute Gasteiger partial charge is 0.317 e. The predicted octanol–water partition coefficient (Wildman–Crippen LogP) is 2.59. The molecule has 2 amide bonds. The fraction of sp³-hybridized carbons (Fsp3) is 0.500. The molecule has 1 aromatic carbocycles. The van der Waals surface area contributed by atoms with Crippen molar-refractivity contribution in [3.05, 3.63) is 47.2 Å². The van der Waals surface area contributed by atoms with Gasteiger partial charge in [0.05, 0.1) is 6.42 Å². The van der Waals surface area contributed by atoms with Crippen LogP contribution in [-0.4, -0.2) is 71.2 Å². The molecule has 1 aliphatic rings. The number of nitrogens with zero attached hydrogens (tertiary/aromatic N) is 4. The summed E-state index contributed by atoms with van der Waals surface area (Å²) in [6.45, 7) is 3.22. The Balaban J connectivity index is 1.33. The Labute approximate surface area is 176 Å². The third-order valence-corrected chi connectivity index (χ3v) is 5.54. The van der Waals surface area contributed by atoms with E-state index in [0.29, 0.717) is 31.1 Å². The molecular formula is C22H30N6O2. The Hall–Kier alpha value is -2.87. The lowest BCUT2D eigenvalue weighted by Gasteiger charge is -2.15. The monoisotopic (exact) mass is 410 g/mol. The zero-order valence-corrected chi connectivity index (χ0v) is 17.8. The highest BCUT2D eigenvalue weighted by Crippen LogP contribution is 2.22. The van der Waals surface area contributed by atoms with Gasteiger partial charge in [0.25, 0.3) is 0 Å². The number of urea groups is 1. The minimum Gasteiger partial charge on any atom is -0.361 e. The Morgan fingerprint density at radius 3 is 2.90 bits per heavy atom. The van der Waals surface area contributed by atoms with Gasteiger partial charge in [-0.2, -0.15) is 4.98 Å². The van der Waals surface area contributed by atoms with Crippen LogP contribution in [0.15, 0.2) is 28.9 Å². The van der Waals surface area contributed by atoms with Gasteiger partial charge in [0, 0.05) is 49.7 Å². The SMILES string of the molecule is CN(C)CCc1c[nH]c2ccc(Cc3nc(CCNC(=O)N4CCCC4)no3)cc12. The quantitative estimate of drug-likeness (QED) is 0.596. The molecular weight excluding hydrogens is 380 g/mol. The van der Waals surface area contributed by atoms with Gasteiger partial charge in [-0.3, -0.25) is 0 Å². The number of hydrogen-bond donors (Lipinski definition) is 2. The average Bonchev–Trinajstić information content (AvgIpc) is 3.48. The van der Waals surface area contributed by atoms with Gasteiger partial charge in [-0.15, -0.1) is 0 Å². The summed E-state index contributed by atoms with van der Waals surface area (Å²) >= 11 is 0. The van der Waals surface area contributed by atoms with Gasteiger partial charge in [0.15, 0.2) is 5.82 Å². The Morgan fingerprint density at radius 2 is 2.10 bits per heavy atom. The summed E-state index contributed by atoms with van der Waals surface area (Å²) < 4.78 is 5.43. The van der Waals surface area contributed by atoms with E-state index in [1.807, 2.05) is 4.90 Å². The molecule has 30 heavy (non-hydrogen) atoms. The lowest BCUT2D eigenvalue weighted by Crippen LogP contribution is -2.38. The van der Waals surface area contributed by atoms with Gasteiger partial charge >= 0.3 is 6.03 Å². The number of H-pyrrole nitrogens is 1. The number of rotatable bonds is 8. The number of aromatic amines is 1. The highest BCUT2D eigenvalue weighted by atomic mass is 16.5. The topological polar surface area (TPSA) is 90.3 Å². The minimum atomic E-state index is 0.00101. The predicted molar refractivity (Wildman–Crippen MR) is 116 cm³/mol. The van der Waals surface area contributed by atoms with E-state index in [4.69, 9.17) is 4.52 Å².